The molecular weight excluding hydrogens is 210 g/mol. The van der Waals surface area contributed by atoms with Crippen LogP contribution in [0.2, 0.25) is 0 Å². The summed E-state index contributed by atoms with van der Waals surface area (Å²) in [5.41, 5.74) is 0.793. The second-order valence-corrected chi connectivity index (χ2v) is 4.47. The van der Waals surface area contributed by atoms with Crippen molar-refractivity contribution < 1.29 is 4.79 Å². The Morgan fingerprint density at radius 1 is 1.18 bits per heavy atom. The molecular formula is C15H23NO. The summed E-state index contributed by atoms with van der Waals surface area (Å²) < 4.78 is 0. The van der Waals surface area contributed by atoms with E-state index in [1.165, 1.54) is 19.3 Å². The first-order chi connectivity index (χ1) is 8.25. The number of carbonyl (C=O) groups excluding carboxylic acids is 1. The van der Waals surface area contributed by atoms with E-state index in [-0.39, 0.29) is 11.8 Å². The predicted molar refractivity (Wildman–Crippen MR) is 72.4 cm³/mol. The Bertz CT molecular complexity index is 321. The van der Waals surface area contributed by atoms with Crippen molar-refractivity contribution in [2.75, 3.05) is 6.54 Å². The third kappa shape index (κ3) is 5.14. The Labute approximate surface area is 104 Å². The fraction of sp³-hybridized carbons (Fsp3) is 0.533. The van der Waals surface area contributed by atoms with Crippen LogP contribution in [0.25, 0.3) is 0 Å². The Kier molecular flexibility index (Phi) is 6.56. The highest BCUT2D eigenvalue weighted by molar-refractivity contribution is 5.99. The highest BCUT2D eigenvalue weighted by Gasteiger charge is 2.13. The van der Waals surface area contributed by atoms with Crippen molar-refractivity contribution >= 4 is 5.78 Å². The van der Waals surface area contributed by atoms with Crippen molar-refractivity contribution in [2.24, 2.45) is 0 Å². The molecule has 1 N–H and O–H groups in total. The lowest BCUT2D eigenvalue weighted by Gasteiger charge is -2.12. The zero-order valence-corrected chi connectivity index (χ0v) is 10.9. The van der Waals surface area contributed by atoms with Gasteiger partial charge in [0.2, 0.25) is 0 Å². The molecule has 0 amide bonds. The van der Waals surface area contributed by atoms with Gasteiger partial charge in [0.25, 0.3) is 0 Å². The second-order valence-electron chi connectivity index (χ2n) is 4.47. The molecule has 0 bridgehead atoms. The lowest BCUT2D eigenvalue weighted by Crippen LogP contribution is -2.34. The summed E-state index contributed by atoms with van der Waals surface area (Å²) in [5.74, 6) is 0.182. The molecule has 0 aliphatic carbocycles. The molecule has 0 aliphatic heterocycles. The number of rotatable bonds is 8. The van der Waals surface area contributed by atoms with Gasteiger partial charge in [-0.25, -0.2) is 0 Å². The maximum atomic E-state index is 12.0. The van der Waals surface area contributed by atoms with Crippen LogP contribution in [-0.2, 0) is 0 Å². The number of Topliss-reactive ketones (excluding diaryl/α,β-unsaturated/α-hetero) is 1. The van der Waals surface area contributed by atoms with Gasteiger partial charge in [0.15, 0.2) is 5.78 Å². The third-order valence-corrected chi connectivity index (χ3v) is 2.93. The first kappa shape index (κ1) is 13.9. The fourth-order valence-corrected chi connectivity index (χ4v) is 1.82. The van der Waals surface area contributed by atoms with Crippen molar-refractivity contribution in [3.8, 4) is 0 Å². The summed E-state index contributed by atoms with van der Waals surface area (Å²) >= 11 is 0. The van der Waals surface area contributed by atoms with Crippen LogP contribution in [-0.4, -0.2) is 18.4 Å². The molecule has 2 nitrogen and oxygen atoms in total. The Hall–Kier alpha value is -1.15. The molecule has 0 aliphatic rings. The number of carbonyl (C=O) groups is 1. The van der Waals surface area contributed by atoms with E-state index < -0.39 is 0 Å². The van der Waals surface area contributed by atoms with Gasteiger partial charge in [-0.2, -0.15) is 0 Å². The van der Waals surface area contributed by atoms with Crippen LogP contribution in [0.3, 0.4) is 0 Å². The van der Waals surface area contributed by atoms with E-state index in [4.69, 9.17) is 0 Å². The first-order valence-electron chi connectivity index (χ1n) is 6.58. The molecule has 1 atom stereocenters. The van der Waals surface area contributed by atoms with E-state index in [1.807, 2.05) is 37.3 Å². The standard InChI is InChI=1S/C15H23NO/c1-3-4-5-9-12-16-13(2)15(17)14-10-7-6-8-11-14/h6-8,10-11,13,16H,3-5,9,12H2,1-2H3. The summed E-state index contributed by atoms with van der Waals surface area (Å²) in [6.07, 6.45) is 4.93. The zero-order chi connectivity index (χ0) is 12.5. The van der Waals surface area contributed by atoms with E-state index in [0.717, 1.165) is 18.5 Å². The van der Waals surface area contributed by atoms with Crippen molar-refractivity contribution in [1.29, 1.82) is 0 Å². The maximum Gasteiger partial charge on any atom is 0.179 e. The fourth-order valence-electron chi connectivity index (χ4n) is 1.82. The van der Waals surface area contributed by atoms with Crippen molar-refractivity contribution in [2.45, 2.75) is 45.6 Å². The largest absolute Gasteiger partial charge is 0.307 e. The summed E-state index contributed by atoms with van der Waals surface area (Å²) in [7, 11) is 0. The Morgan fingerprint density at radius 2 is 1.88 bits per heavy atom. The monoisotopic (exact) mass is 233 g/mol. The molecule has 17 heavy (non-hydrogen) atoms. The molecule has 0 fully saturated rings. The number of hydrogen-bond donors (Lipinski definition) is 1. The predicted octanol–water partition coefficient (Wildman–Crippen LogP) is 3.43. The summed E-state index contributed by atoms with van der Waals surface area (Å²) in [6, 6.07) is 9.40. The SMILES string of the molecule is CCCCCCNC(C)C(=O)c1ccccc1. The van der Waals surface area contributed by atoms with E-state index >= 15 is 0 Å². The molecule has 0 saturated heterocycles. The van der Waals surface area contributed by atoms with Crippen LogP contribution in [0.4, 0.5) is 0 Å². The molecule has 1 unspecified atom stereocenters. The molecule has 1 aromatic carbocycles. The minimum absolute atomic E-state index is 0.0842. The lowest BCUT2D eigenvalue weighted by atomic mass is 10.1. The summed E-state index contributed by atoms with van der Waals surface area (Å²) in [6.45, 7) is 5.07. The molecule has 94 valence electrons. The van der Waals surface area contributed by atoms with E-state index in [9.17, 15) is 4.79 Å². The van der Waals surface area contributed by atoms with Crippen LogP contribution >= 0.6 is 0 Å². The average Bonchev–Trinajstić information content (AvgIpc) is 2.38. The van der Waals surface area contributed by atoms with Crippen LogP contribution in [0.15, 0.2) is 30.3 Å². The van der Waals surface area contributed by atoms with E-state index in [0.29, 0.717) is 0 Å². The van der Waals surface area contributed by atoms with Gasteiger partial charge in [0.1, 0.15) is 0 Å². The Balaban J connectivity index is 2.28. The minimum atomic E-state index is -0.0842. The maximum absolute atomic E-state index is 12.0. The number of hydrogen-bond acceptors (Lipinski definition) is 2. The van der Waals surface area contributed by atoms with Crippen molar-refractivity contribution in [3.63, 3.8) is 0 Å². The molecule has 0 saturated carbocycles. The molecule has 0 spiro atoms. The van der Waals surface area contributed by atoms with E-state index in [2.05, 4.69) is 12.2 Å². The van der Waals surface area contributed by atoms with Gasteiger partial charge in [-0.1, -0.05) is 56.5 Å². The van der Waals surface area contributed by atoms with Crippen LogP contribution < -0.4 is 5.32 Å². The third-order valence-electron chi connectivity index (χ3n) is 2.93. The van der Waals surface area contributed by atoms with Gasteiger partial charge in [0, 0.05) is 5.56 Å². The quantitative estimate of drug-likeness (QED) is 0.550. The Morgan fingerprint density at radius 3 is 2.53 bits per heavy atom. The van der Waals surface area contributed by atoms with E-state index in [1.54, 1.807) is 0 Å². The van der Waals surface area contributed by atoms with Crippen LogP contribution in [0, 0.1) is 0 Å². The summed E-state index contributed by atoms with van der Waals surface area (Å²) in [4.78, 5) is 12.0. The number of nitrogens with one attached hydrogen (secondary N) is 1. The first-order valence-corrected chi connectivity index (χ1v) is 6.58. The topological polar surface area (TPSA) is 29.1 Å². The zero-order valence-electron chi connectivity index (χ0n) is 10.9. The second kappa shape index (κ2) is 8.02. The van der Waals surface area contributed by atoms with Crippen LogP contribution in [0.5, 0.6) is 0 Å². The van der Waals surface area contributed by atoms with Crippen LogP contribution in [0.1, 0.15) is 49.9 Å². The number of ketones is 1. The highest BCUT2D eigenvalue weighted by atomic mass is 16.1. The van der Waals surface area contributed by atoms with Gasteiger partial charge in [0.05, 0.1) is 6.04 Å². The molecule has 1 rings (SSSR count). The smallest absolute Gasteiger partial charge is 0.179 e. The molecule has 1 aromatic rings. The molecule has 0 radical (unpaired) electrons. The molecule has 0 heterocycles. The van der Waals surface area contributed by atoms with Crippen molar-refractivity contribution in [3.05, 3.63) is 35.9 Å². The van der Waals surface area contributed by atoms with Crippen molar-refractivity contribution in [1.82, 2.24) is 5.32 Å². The molecule has 0 aromatic heterocycles. The summed E-state index contributed by atoms with van der Waals surface area (Å²) in [5, 5.41) is 3.29. The van der Waals surface area contributed by atoms with Gasteiger partial charge in [-0.3, -0.25) is 4.79 Å². The normalized spacial score (nSPS) is 12.4. The minimum Gasteiger partial charge on any atom is -0.307 e. The van der Waals surface area contributed by atoms with Gasteiger partial charge in [-0.15, -0.1) is 0 Å². The van der Waals surface area contributed by atoms with Gasteiger partial charge >= 0.3 is 0 Å². The van der Waals surface area contributed by atoms with Gasteiger partial charge in [-0.05, 0) is 19.9 Å². The average molecular weight is 233 g/mol. The van der Waals surface area contributed by atoms with Gasteiger partial charge < -0.3 is 5.32 Å². The molecule has 2 heteroatoms. The number of benzene rings is 1. The lowest BCUT2D eigenvalue weighted by molar-refractivity contribution is 0.0951. The highest BCUT2D eigenvalue weighted by Crippen LogP contribution is 2.04. The number of unbranched alkanes of at least 4 members (excludes halogenated alkanes) is 3.